The molecule has 0 radical (unpaired) electrons. The first kappa shape index (κ1) is 14.8. The van der Waals surface area contributed by atoms with Gasteiger partial charge >= 0.3 is 0 Å². The van der Waals surface area contributed by atoms with Crippen molar-refractivity contribution in [1.82, 2.24) is 0 Å². The van der Waals surface area contributed by atoms with E-state index in [0.29, 0.717) is 13.2 Å². The highest BCUT2D eigenvalue weighted by atomic mass is 16.6. The molecule has 2 aromatic rings. The molecule has 0 unspecified atom stereocenters. The summed E-state index contributed by atoms with van der Waals surface area (Å²) < 4.78 is 5.69. The van der Waals surface area contributed by atoms with Gasteiger partial charge in [0.15, 0.2) is 0 Å². The first-order valence-electron chi connectivity index (χ1n) is 6.89. The van der Waals surface area contributed by atoms with Crippen LogP contribution in [0, 0.1) is 10.1 Å². The number of hydrogen-bond donors (Lipinski definition) is 1. The molecule has 0 aliphatic carbocycles. The molecule has 0 saturated carbocycles. The molecule has 0 fully saturated rings. The van der Waals surface area contributed by atoms with Gasteiger partial charge in [-0.3, -0.25) is 10.1 Å². The molecular weight excluding hydrogens is 268 g/mol. The van der Waals surface area contributed by atoms with Crippen LogP contribution < -0.4 is 10.1 Å². The smallest absolute Gasteiger partial charge is 0.271 e. The maximum Gasteiger partial charge on any atom is 0.271 e. The Kier molecular flexibility index (Phi) is 5.15. The lowest BCUT2D eigenvalue weighted by Crippen LogP contribution is -2.04. The summed E-state index contributed by atoms with van der Waals surface area (Å²) in [5, 5.41) is 13.9. The van der Waals surface area contributed by atoms with E-state index in [1.807, 2.05) is 30.3 Å². The number of non-ortho nitro benzene ring substituents is 1. The molecule has 0 spiro atoms. The van der Waals surface area contributed by atoms with Gasteiger partial charge < -0.3 is 10.1 Å². The minimum absolute atomic E-state index is 0.0792. The number of nitro groups is 1. The number of nitro benzene ring substituents is 1. The summed E-state index contributed by atoms with van der Waals surface area (Å²) >= 11 is 0. The van der Waals surface area contributed by atoms with Gasteiger partial charge in [0.05, 0.1) is 11.5 Å². The summed E-state index contributed by atoms with van der Waals surface area (Å²) in [7, 11) is 0. The summed E-state index contributed by atoms with van der Waals surface area (Å²) in [6, 6.07) is 14.3. The van der Waals surface area contributed by atoms with Crippen LogP contribution in [0.2, 0.25) is 0 Å². The maximum absolute atomic E-state index is 10.8. The van der Waals surface area contributed by atoms with E-state index in [2.05, 4.69) is 12.2 Å². The fraction of sp³-hybridized carbons (Fsp3) is 0.250. The first-order valence-corrected chi connectivity index (χ1v) is 6.89. The number of ether oxygens (including phenoxy) is 1. The lowest BCUT2D eigenvalue weighted by molar-refractivity contribution is -0.384. The molecular formula is C16H18N2O3. The quantitative estimate of drug-likeness (QED) is 0.617. The number of hydrogen-bond acceptors (Lipinski definition) is 4. The van der Waals surface area contributed by atoms with Crippen molar-refractivity contribution >= 4 is 11.4 Å². The van der Waals surface area contributed by atoms with E-state index in [1.54, 1.807) is 6.07 Å². The van der Waals surface area contributed by atoms with E-state index in [9.17, 15) is 10.1 Å². The van der Waals surface area contributed by atoms with Crippen LogP contribution in [0.15, 0.2) is 48.5 Å². The molecule has 0 saturated heterocycles. The highest BCUT2D eigenvalue weighted by Crippen LogP contribution is 2.21. The van der Waals surface area contributed by atoms with Crippen LogP contribution in [-0.4, -0.2) is 11.5 Å². The SMILES string of the molecule is CCCOc1ccccc1CNc1cccc([N+](=O)[O-])c1. The highest BCUT2D eigenvalue weighted by molar-refractivity contribution is 5.51. The Labute approximate surface area is 123 Å². The predicted molar refractivity (Wildman–Crippen MR) is 82.7 cm³/mol. The van der Waals surface area contributed by atoms with Gasteiger partial charge in [0.25, 0.3) is 5.69 Å². The van der Waals surface area contributed by atoms with Crippen molar-refractivity contribution in [2.45, 2.75) is 19.9 Å². The van der Waals surface area contributed by atoms with Crippen LogP contribution in [0.1, 0.15) is 18.9 Å². The zero-order valence-corrected chi connectivity index (χ0v) is 11.9. The van der Waals surface area contributed by atoms with Crippen LogP contribution >= 0.6 is 0 Å². The minimum atomic E-state index is -0.399. The number of nitrogens with one attached hydrogen (secondary N) is 1. The molecule has 5 heteroatoms. The average molecular weight is 286 g/mol. The van der Waals surface area contributed by atoms with Crippen molar-refractivity contribution in [3.63, 3.8) is 0 Å². The van der Waals surface area contributed by atoms with Crippen LogP contribution in [0.4, 0.5) is 11.4 Å². The van der Waals surface area contributed by atoms with Gasteiger partial charge in [-0.15, -0.1) is 0 Å². The van der Waals surface area contributed by atoms with Gasteiger partial charge in [0.2, 0.25) is 0 Å². The summed E-state index contributed by atoms with van der Waals surface area (Å²) in [6.45, 7) is 3.29. The van der Waals surface area contributed by atoms with Crippen LogP contribution in [0.25, 0.3) is 0 Å². The Bertz CT molecular complexity index is 614. The summed E-state index contributed by atoms with van der Waals surface area (Å²) in [5.41, 5.74) is 1.82. The molecule has 0 bridgehead atoms. The molecule has 0 aliphatic rings. The molecule has 0 atom stereocenters. The third-order valence-electron chi connectivity index (χ3n) is 2.97. The summed E-state index contributed by atoms with van der Waals surface area (Å²) in [5.74, 6) is 0.845. The Balaban J connectivity index is 2.06. The molecule has 0 aromatic heterocycles. The molecule has 0 aliphatic heterocycles. The van der Waals surface area contributed by atoms with Crippen LogP contribution in [-0.2, 0) is 6.54 Å². The zero-order valence-electron chi connectivity index (χ0n) is 11.9. The molecule has 2 aromatic carbocycles. The number of benzene rings is 2. The number of anilines is 1. The lowest BCUT2D eigenvalue weighted by Gasteiger charge is -2.12. The normalized spacial score (nSPS) is 10.1. The van der Waals surface area contributed by atoms with Crippen molar-refractivity contribution in [2.24, 2.45) is 0 Å². The van der Waals surface area contributed by atoms with Crippen molar-refractivity contribution in [3.05, 3.63) is 64.2 Å². The van der Waals surface area contributed by atoms with Gasteiger partial charge in [-0.1, -0.05) is 31.2 Å². The van der Waals surface area contributed by atoms with Gasteiger partial charge in [-0.25, -0.2) is 0 Å². The fourth-order valence-corrected chi connectivity index (χ4v) is 1.93. The second kappa shape index (κ2) is 7.28. The summed E-state index contributed by atoms with van der Waals surface area (Å²) in [4.78, 5) is 10.4. The van der Waals surface area contributed by atoms with Gasteiger partial charge in [-0.2, -0.15) is 0 Å². The topological polar surface area (TPSA) is 64.4 Å². The van der Waals surface area contributed by atoms with E-state index >= 15 is 0 Å². The lowest BCUT2D eigenvalue weighted by atomic mass is 10.2. The minimum Gasteiger partial charge on any atom is -0.493 e. The third-order valence-corrected chi connectivity index (χ3v) is 2.97. The fourth-order valence-electron chi connectivity index (χ4n) is 1.93. The van der Waals surface area contributed by atoms with E-state index < -0.39 is 4.92 Å². The molecule has 0 heterocycles. The number of rotatable bonds is 7. The number of para-hydroxylation sites is 1. The summed E-state index contributed by atoms with van der Waals surface area (Å²) in [6.07, 6.45) is 0.951. The van der Waals surface area contributed by atoms with E-state index in [1.165, 1.54) is 12.1 Å². The standard InChI is InChI=1S/C16H18N2O3/c1-2-10-21-16-9-4-3-6-13(16)12-17-14-7-5-8-15(11-14)18(19)20/h3-9,11,17H,2,10,12H2,1H3. The van der Waals surface area contributed by atoms with Gasteiger partial charge in [0.1, 0.15) is 5.75 Å². The molecule has 0 amide bonds. The van der Waals surface area contributed by atoms with Crippen molar-refractivity contribution in [1.29, 1.82) is 0 Å². The van der Waals surface area contributed by atoms with E-state index in [-0.39, 0.29) is 5.69 Å². The average Bonchev–Trinajstić information content (AvgIpc) is 2.52. The molecule has 110 valence electrons. The largest absolute Gasteiger partial charge is 0.493 e. The molecule has 21 heavy (non-hydrogen) atoms. The van der Waals surface area contributed by atoms with Gasteiger partial charge in [-0.05, 0) is 18.6 Å². The van der Waals surface area contributed by atoms with Crippen LogP contribution in [0.3, 0.4) is 0 Å². The maximum atomic E-state index is 10.8. The second-order valence-electron chi connectivity index (χ2n) is 4.62. The van der Waals surface area contributed by atoms with Crippen molar-refractivity contribution in [3.8, 4) is 5.75 Å². The second-order valence-corrected chi connectivity index (χ2v) is 4.62. The Hall–Kier alpha value is -2.56. The molecule has 1 N–H and O–H groups in total. The Morgan fingerprint density at radius 1 is 1.19 bits per heavy atom. The molecule has 5 nitrogen and oxygen atoms in total. The van der Waals surface area contributed by atoms with E-state index in [4.69, 9.17) is 4.74 Å². The highest BCUT2D eigenvalue weighted by Gasteiger charge is 2.06. The zero-order chi connectivity index (χ0) is 15.1. The first-order chi connectivity index (χ1) is 10.2. The molecule has 2 rings (SSSR count). The Morgan fingerprint density at radius 3 is 2.76 bits per heavy atom. The van der Waals surface area contributed by atoms with E-state index in [0.717, 1.165) is 23.4 Å². The van der Waals surface area contributed by atoms with Crippen LogP contribution in [0.5, 0.6) is 5.75 Å². The van der Waals surface area contributed by atoms with Gasteiger partial charge in [0, 0.05) is 29.9 Å². The number of nitrogens with zero attached hydrogens (tertiary/aromatic N) is 1. The monoisotopic (exact) mass is 286 g/mol. The Morgan fingerprint density at radius 2 is 2.00 bits per heavy atom. The predicted octanol–water partition coefficient (Wildman–Crippen LogP) is 4.00. The van der Waals surface area contributed by atoms with Crippen molar-refractivity contribution < 1.29 is 9.66 Å². The van der Waals surface area contributed by atoms with Crippen molar-refractivity contribution in [2.75, 3.05) is 11.9 Å². The third kappa shape index (κ3) is 4.21.